The van der Waals surface area contributed by atoms with E-state index in [1.807, 2.05) is 42.5 Å². The van der Waals surface area contributed by atoms with Gasteiger partial charge in [-0.15, -0.1) is 15.3 Å². The summed E-state index contributed by atoms with van der Waals surface area (Å²) in [6.07, 6.45) is 4.05. The summed E-state index contributed by atoms with van der Waals surface area (Å²) in [5.74, 6) is 1.95. The van der Waals surface area contributed by atoms with Gasteiger partial charge >= 0.3 is 0 Å². The number of para-hydroxylation sites is 1. The predicted molar refractivity (Wildman–Crippen MR) is 105 cm³/mol. The molecular weight excluding hydrogens is 356 g/mol. The average Bonchev–Trinajstić information content (AvgIpc) is 3.22. The highest BCUT2D eigenvalue weighted by Crippen LogP contribution is 2.22. The minimum Gasteiger partial charge on any atom is -0.494 e. The molecule has 1 aromatic carbocycles. The number of ether oxygens (including phenoxy) is 1. The number of fused-ring (bicyclic) bond motifs is 1. The second kappa shape index (κ2) is 8.69. The van der Waals surface area contributed by atoms with Gasteiger partial charge in [0.2, 0.25) is 5.91 Å². The van der Waals surface area contributed by atoms with Gasteiger partial charge in [-0.3, -0.25) is 4.79 Å². The fourth-order valence-corrected chi connectivity index (χ4v) is 3.39. The number of hydrogen-bond donors (Lipinski definition) is 1. The molecule has 1 N–H and O–H groups in total. The van der Waals surface area contributed by atoms with Gasteiger partial charge in [-0.2, -0.15) is 4.52 Å². The highest BCUT2D eigenvalue weighted by atomic mass is 16.5. The quantitative estimate of drug-likeness (QED) is 0.631. The van der Waals surface area contributed by atoms with Crippen molar-refractivity contribution >= 4 is 17.4 Å². The SMILES string of the molecule is O=C(NCCCOc1ccccc1)C1CCN(c2ccc3nncn3n2)CC1. The number of anilines is 1. The number of amides is 1. The van der Waals surface area contributed by atoms with Crippen molar-refractivity contribution in [2.45, 2.75) is 19.3 Å². The number of hydrogen-bond acceptors (Lipinski definition) is 6. The van der Waals surface area contributed by atoms with Crippen LogP contribution in [0.4, 0.5) is 5.82 Å². The van der Waals surface area contributed by atoms with Crippen LogP contribution in [0, 0.1) is 5.92 Å². The fraction of sp³-hybridized carbons (Fsp3) is 0.400. The molecule has 1 saturated heterocycles. The molecule has 0 saturated carbocycles. The van der Waals surface area contributed by atoms with E-state index in [4.69, 9.17) is 4.74 Å². The Kier molecular flexibility index (Phi) is 5.65. The van der Waals surface area contributed by atoms with E-state index < -0.39 is 0 Å². The molecule has 4 rings (SSSR count). The summed E-state index contributed by atoms with van der Waals surface area (Å²) in [5.41, 5.74) is 0.731. The van der Waals surface area contributed by atoms with Gasteiger partial charge in [-0.25, -0.2) is 0 Å². The summed E-state index contributed by atoms with van der Waals surface area (Å²) in [4.78, 5) is 14.6. The molecule has 28 heavy (non-hydrogen) atoms. The Morgan fingerprint density at radius 3 is 2.79 bits per heavy atom. The van der Waals surface area contributed by atoms with Crippen molar-refractivity contribution in [2.24, 2.45) is 5.92 Å². The van der Waals surface area contributed by atoms with Gasteiger partial charge in [0.1, 0.15) is 17.9 Å². The lowest BCUT2D eigenvalue weighted by Gasteiger charge is -2.32. The zero-order valence-corrected chi connectivity index (χ0v) is 15.7. The van der Waals surface area contributed by atoms with E-state index in [9.17, 15) is 4.79 Å². The standard InChI is InChI=1S/C20H24N6O2/c27-20(21-11-4-14-28-17-5-2-1-3-6-17)16-9-12-25(13-10-16)19-8-7-18-23-22-15-26(18)24-19/h1-3,5-8,15-16H,4,9-14H2,(H,21,27). The summed E-state index contributed by atoms with van der Waals surface area (Å²) >= 11 is 0. The zero-order valence-electron chi connectivity index (χ0n) is 15.7. The molecule has 0 radical (unpaired) electrons. The second-order valence-electron chi connectivity index (χ2n) is 6.89. The maximum Gasteiger partial charge on any atom is 0.223 e. The van der Waals surface area contributed by atoms with E-state index in [0.29, 0.717) is 13.2 Å². The topological polar surface area (TPSA) is 84.6 Å². The first-order valence-corrected chi connectivity index (χ1v) is 9.67. The summed E-state index contributed by atoms with van der Waals surface area (Å²) in [5, 5.41) is 15.4. The number of piperidine rings is 1. The molecule has 0 aliphatic carbocycles. The number of aromatic nitrogens is 4. The van der Waals surface area contributed by atoms with Crippen LogP contribution in [0.25, 0.3) is 5.65 Å². The summed E-state index contributed by atoms with van der Waals surface area (Å²) in [6, 6.07) is 13.6. The Bertz CT molecular complexity index is 905. The van der Waals surface area contributed by atoms with Gasteiger partial charge in [0.25, 0.3) is 0 Å². The Hall–Kier alpha value is -3.16. The number of carbonyl (C=O) groups excluding carboxylic acids is 1. The van der Waals surface area contributed by atoms with E-state index in [2.05, 4.69) is 25.5 Å². The third-order valence-electron chi connectivity index (χ3n) is 4.97. The normalized spacial score (nSPS) is 14.9. The van der Waals surface area contributed by atoms with Crippen LogP contribution < -0.4 is 15.0 Å². The van der Waals surface area contributed by atoms with Crippen molar-refractivity contribution in [1.82, 2.24) is 25.1 Å². The number of nitrogens with one attached hydrogen (secondary N) is 1. The first kappa shape index (κ1) is 18.2. The van der Waals surface area contributed by atoms with Gasteiger partial charge in [0.15, 0.2) is 5.65 Å². The lowest BCUT2D eigenvalue weighted by atomic mass is 9.96. The van der Waals surface area contributed by atoms with Gasteiger partial charge in [-0.05, 0) is 43.5 Å². The Labute approximate surface area is 163 Å². The van der Waals surface area contributed by atoms with Crippen LogP contribution in [0.2, 0.25) is 0 Å². The largest absolute Gasteiger partial charge is 0.494 e. The minimum atomic E-state index is 0.0601. The van der Waals surface area contributed by atoms with Crippen LogP contribution >= 0.6 is 0 Å². The second-order valence-corrected chi connectivity index (χ2v) is 6.89. The maximum absolute atomic E-state index is 12.4. The third-order valence-corrected chi connectivity index (χ3v) is 4.97. The van der Waals surface area contributed by atoms with E-state index in [1.165, 1.54) is 0 Å². The van der Waals surface area contributed by atoms with E-state index >= 15 is 0 Å². The lowest BCUT2D eigenvalue weighted by Crippen LogP contribution is -2.41. The number of nitrogens with zero attached hydrogens (tertiary/aromatic N) is 5. The van der Waals surface area contributed by atoms with Gasteiger partial charge in [0, 0.05) is 25.6 Å². The molecule has 3 heterocycles. The molecule has 0 unspecified atom stereocenters. The molecule has 1 aliphatic heterocycles. The Morgan fingerprint density at radius 2 is 1.96 bits per heavy atom. The van der Waals surface area contributed by atoms with Gasteiger partial charge in [-0.1, -0.05) is 18.2 Å². The molecule has 1 amide bonds. The molecule has 0 atom stereocenters. The van der Waals surface area contributed by atoms with Crippen LogP contribution in [-0.2, 0) is 4.79 Å². The van der Waals surface area contributed by atoms with Crippen molar-refractivity contribution in [3.8, 4) is 5.75 Å². The molecule has 2 aromatic heterocycles. The average molecular weight is 380 g/mol. The lowest BCUT2D eigenvalue weighted by molar-refractivity contribution is -0.125. The first-order chi connectivity index (χ1) is 13.8. The van der Waals surface area contributed by atoms with Crippen LogP contribution in [0.1, 0.15) is 19.3 Å². The van der Waals surface area contributed by atoms with Crippen molar-refractivity contribution in [3.05, 3.63) is 48.8 Å². The molecule has 0 bridgehead atoms. The number of carbonyl (C=O) groups is 1. The highest BCUT2D eigenvalue weighted by Gasteiger charge is 2.25. The van der Waals surface area contributed by atoms with Crippen LogP contribution in [0.3, 0.4) is 0 Å². The predicted octanol–water partition coefficient (Wildman–Crippen LogP) is 1.93. The zero-order chi connectivity index (χ0) is 19.2. The monoisotopic (exact) mass is 380 g/mol. The van der Waals surface area contributed by atoms with E-state index in [0.717, 1.165) is 49.6 Å². The molecule has 0 spiro atoms. The number of rotatable bonds is 7. The van der Waals surface area contributed by atoms with Crippen molar-refractivity contribution in [2.75, 3.05) is 31.1 Å². The third kappa shape index (κ3) is 4.39. The molecule has 3 aromatic rings. The molecule has 8 heteroatoms. The first-order valence-electron chi connectivity index (χ1n) is 9.67. The summed E-state index contributed by atoms with van der Waals surface area (Å²) in [7, 11) is 0. The van der Waals surface area contributed by atoms with Crippen molar-refractivity contribution in [3.63, 3.8) is 0 Å². The maximum atomic E-state index is 12.4. The Balaban J connectivity index is 1.17. The van der Waals surface area contributed by atoms with Crippen LogP contribution in [0.15, 0.2) is 48.8 Å². The van der Waals surface area contributed by atoms with E-state index in [1.54, 1.807) is 10.8 Å². The Morgan fingerprint density at radius 1 is 1.14 bits per heavy atom. The van der Waals surface area contributed by atoms with Crippen molar-refractivity contribution in [1.29, 1.82) is 0 Å². The molecule has 146 valence electrons. The molecule has 1 fully saturated rings. The minimum absolute atomic E-state index is 0.0601. The van der Waals surface area contributed by atoms with Crippen molar-refractivity contribution < 1.29 is 9.53 Å². The smallest absolute Gasteiger partial charge is 0.223 e. The van der Waals surface area contributed by atoms with Gasteiger partial charge < -0.3 is 15.0 Å². The van der Waals surface area contributed by atoms with Crippen LogP contribution in [-0.4, -0.2) is 52.0 Å². The van der Waals surface area contributed by atoms with Crippen LogP contribution in [0.5, 0.6) is 5.75 Å². The number of benzene rings is 1. The molecular formula is C20H24N6O2. The summed E-state index contributed by atoms with van der Waals surface area (Å²) in [6.45, 7) is 2.86. The van der Waals surface area contributed by atoms with E-state index in [-0.39, 0.29) is 11.8 Å². The molecule has 1 aliphatic rings. The molecule has 8 nitrogen and oxygen atoms in total. The fourth-order valence-electron chi connectivity index (χ4n) is 3.39. The highest BCUT2D eigenvalue weighted by molar-refractivity contribution is 5.78. The van der Waals surface area contributed by atoms with Gasteiger partial charge in [0.05, 0.1) is 6.61 Å². The summed E-state index contributed by atoms with van der Waals surface area (Å²) < 4.78 is 7.32.